The first-order chi connectivity index (χ1) is 6.97. The third kappa shape index (κ3) is 1.68. The SMILES string of the molecule is COc1c(Br)cc(Br)c2c1C(C)(C)CN2. The molecule has 0 saturated carbocycles. The molecule has 0 amide bonds. The van der Waals surface area contributed by atoms with Crippen molar-refractivity contribution in [2.24, 2.45) is 0 Å². The Labute approximate surface area is 107 Å². The topological polar surface area (TPSA) is 21.3 Å². The summed E-state index contributed by atoms with van der Waals surface area (Å²) >= 11 is 7.09. The van der Waals surface area contributed by atoms with Crippen LogP contribution in [0.2, 0.25) is 0 Å². The van der Waals surface area contributed by atoms with E-state index in [9.17, 15) is 0 Å². The van der Waals surface area contributed by atoms with Crippen LogP contribution >= 0.6 is 31.9 Å². The first-order valence-corrected chi connectivity index (χ1v) is 6.36. The molecule has 1 aliphatic rings. The van der Waals surface area contributed by atoms with E-state index in [1.54, 1.807) is 7.11 Å². The number of ether oxygens (including phenoxy) is 1. The highest BCUT2D eigenvalue weighted by Gasteiger charge is 2.35. The van der Waals surface area contributed by atoms with E-state index in [2.05, 4.69) is 51.0 Å². The van der Waals surface area contributed by atoms with Crippen LogP contribution < -0.4 is 10.1 Å². The summed E-state index contributed by atoms with van der Waals surface area (Å²) < 4.78 is 7.54. The highest BCUT2D eigenvalue weighted by Crippen LogP contribution is 2.49. The van der Waals surface area contributed by atoms with Gasteiger partial charge in [-0.3, -0.25) is 0 Å². The lowest BCUT2D eigenvalue weighted by Crippen LogP contribution is -2.19. The van der Waals surface area contributed by atoms with Crippen LogP contribution in [0, 0.1) is 0 Å². The molecule has 0 unspecified atom stereocenters. The fourth-order valence-electron chi connectivity index (χ4n) is 2.02. The van der Waals surface area contributed by atoms with Crippen LogP contribution in [0.4, 0.5) is 5.69 Å². The highest BCUT2D eigenvalue weighted by atomic mass is 79.9. The van der Waals surface area contributed by atoms with E-state index in [-0.39, 0.29) is 5.41 Å². The lowest BCUT2D eigenvalue weighted by molar-refractivity contribution is 0.397. The van der Waals surface area contributed by atoms with Crippen LogP contribution in [0.3, 0.4) is 0 Å². The molecule has 1 aromatic carbocycles. The van der Waals surface area contributed by atoms with Crippen molar-refractivity contribution in [1.29, 1.82) is 0 Å². The maximum absolute atomic E-state index is 5.47. The van der Waals surface area contributed by atoms with Gasteiger partial charge in [0.2, 0.25) is 0 Å². The molecule has 15 heavy (non-hydrogen) atoms. The minimum Gasteiger partial charge on any atom is -0.495 e. The molecule has 82 valence electrons. The number of rotatable bonds is 1. The Balaban J connectivity index is 2.74. The summed E-state index contributed by atoms with van der Waals surface area (Å²) in [5.74, 6) is 0.934. The van der Waals surface area contributed by atoms with Gasteiger partial charge >= 0.3 is 0 Å². The summed E-state index contributed by atoms with van der Waals surface area (Å²) in [5.41, 5.74) is 2.50. The van der Waals surface area contributed by atoms with Crippen LogP contribution in [0.5, 0.6) is 5.75 Å². The van der Waals surface area contributed by atoms with Crippen molar-refractivity contribution in [3.05, 3.63) is 20.6 Å². The maximum Gasteiger partial charge on any atom is 0.138 e. The summed E-state index contributed by atoms with van der Waals surface area (Å²) in [7, 11) is 1.71. The molecule has 2 rings (SSSR count). The van der Waals surface area contributed by atoms with Crippen molar-refractivity contribution < 1.29 is 4.74 Å². The number of nitrogens with one attached hydrogen (secondary N) is 1. The number of halogens is 2. The smallest absolute Gasteiger partial charge is 0.138 e. The summed E-state index contributed by atoms with van der Waals surface area (Å²) in [6, 6.07) is 2.02. The molecule has 0 radical (unpaired) electrons. The minimum absolute atomic E-state index is 0.104. The number of anilines is 1. The van der Waals surface area contributed by atoms with Gasteiger partial charge in [0.15, 0.2) is 0 Å². The third-order valence-corrected chi connectivity index (χ3v) is 3.99. The molecule has 4 heteroatoms. The van der Waals surface area contributed by atoms with Crippen LogP contribution in [-0.4, -0.2) is 13.7 Å². The van der Waals surface area contributed by atoms with Crippen molar-refractivity contribution in [3.8, 4) is 5.75 Å². The summed E-state index contributed by atoms with van der Waals surface area (Å²) in [5, 5.41) is 3.41. The summed E-state index contributed by atoms with van der Waals surface area (Å²) in [6.07, 6.45) is 0. The van der Waals surface area contributed by atoms with Crippen molar-refractivity contribution >= 4 is 37.5 Å². The monoisotopic (exact) mass is 333 g/mol. The fourth-order valence-corrected chi connectivity index (χ4v) is 3.48. The van der Waals surface area contributed by atoms with Gasteiger partial charge in [0, 0.05) is 22.0 Å². The largest absolute Gasteiger partial charge is 0.495 e. The molecule has 0 aliphatic carbocycles. The van der Waals surface area contributed by atoms with Gasteiger partial charge in [-0.1, -0.05) is 13.8 Å². The van der Waals surface area contributed by atoms with Crippen molar-refractivity contribution in [3.63, 3.8) is 0 Å². The second kappa shape index (κ2) is 3.67. The number of hydrogen-bond donors (Lipinski definition) is 1. The molecule has 0 fully saturated rings. The van der Waals surface area contributed by atoms with Gasteiger partial charge < -0.3 is 10.1 Å². The second-order valence-corrected chi connectivity index (χ2v) is 6.07. The lowest BCUT2D eigenvalue weighted by Gasteiger charge is -2.21. The van der Waals surface area contributed by atoms with Gasteiger partial charge in [-0.25, -0.2) is 0 Å². The zero-order valence-electron chi connectivity index (χ0n) is 8.95. The van der Waals surface area contributed by atoms with E-state index in [0.717, 1.165) is 26.9 Å². The van der Waals surface area contributed by atoms with Crippen molar-refractivity contribution in [2.45, 2.75) is 19.3 Å². The van der Waals surface area contributed by atoms with Gasteiger partial charge in [0.25, 0.3) is 0 Å². The third-order valence-electron chi connectivity index (χ3n) is 2.77. The Morgan fingerprint density at radius 3 is 2.60 bits per heavy atom. The predicted molar refractivity (Wildman–Crippen MR) is 69.9 cm³/mol. The second-order valence-electron chi connectivity index (χ2n) is 4.36. The number of hydrogen-bond acceptors (Lipinski definition) is 2. The predicted octanol–water partition coefficient (Wildman–Crippen LogP) is 3.92. The summed E-state index contributed by atoms with van der Waals surface area (Å²) in [4.78, 5) is 0. The minimum atomic E-state index is 0.104. The van der Waals surface area contributed by atoms with E-state index in [0.29, 0.717) is 0 Å². The molecule has 0 bridgehead atoms. The molecule has 1 aromatic rings. The number of fused-ring (bicyclic) bond motifs is 1. The molecule has 0 atom stereocenters. The van der Waals surface area contributed by atoms with E-state index in [4.69, 9.17) is 4.74 Å². The lowest BCUT2D eigenvalue weighted by atomic mass is 9.86. The summed E-state index contributed by atoms with van der Waals surface area (Å²) in [6.45, 7) is 5.37. The zero-order valence-corrected chi connectivity index (χ0v) is 12.1. The van der Waals surface area contributed by atoms with E-state index < -0.39 is 0 Å². The van der Waals surface area contributed by atoms with Crippen molar-refractivity contribution in [2.75, 3.05) is 19.0 Å². The Morgan fingerprint density at radius 1 is 1.33 bits per heavy atom. The number of methoxy groups -OCH3 is 1. The van der Waals surface area contributed by atoms with Gasteiger partial charge in [-0.15, -0.1) is 0 Å². The molecule has 0 aromatic heterocycles. The van der Waals surface area contributed by atoms with Gasteiger partial charge in [-0.2, -0.15) is 0 Å². The molecule has 0 spiro atoms. The van der Waals surface area contributed by atoms with Crippen molar-refractivity contribution in [1.82, 2.24) is 0 Å². The Morgan fingerprint density at radius 2 is 2.00 bits per heavy atom. The van der Waals surface area contributed by atoms with E-state index in [1.165, 1.54) is 5.56 Å². The van der Waals surface area contributed by atoms with Gasteiger partial charge in [0.05, 0.1) is 17.3 Å². The highest BCUT2D eigenvalue weighted by molar-refractivity contribution is 9.11. The van der Waals surface area contributed by atoms with Crippen LogP contribution in [0.15, 0.2) is 15.0 Å². The van der Waals surface area contributed by atoms with Crippen LogP contribution in [-0.2, 0) is 5.41 Å². The maximum atomic E-state index is 5.47. The Hall–Kier alpha value is -0.220. The first kappa shape index (κ1) is 11.3. The first-order valence-electron chi connectivity index (χ1n) is 4.77. The Bertz CT molecular complexity index is 416. The molecular formula is C11H13Br2NO. The molecule has 2 nitrogen and oxygen atoms in total. The van der Waals surface area contributed by atoms with Crippen LogP contribution in [0.25, 0.3) is 0 Å². The molecule has 1 aliphatic heterocycles. The van der Waals surface area contributed by atoms with E-state index >= 15 is 0 Å². The molecular weight excluding hydrogens is 322 g/mol. The molecule has 0 saturated heterocycles. The van der Waals surface area contributed by atoms with Gasteiger partial charge in [-0.05, 0) is 37.9 Å². The van der Waals surface area contributed by atoms with Gasteiger partial charge in [0.1, 0.15) is 5.75 Å². The molecule has 1 heterocycles. The average molecular weight is 335 g/mol. The fraction of sp³-hybridized carbons (Fsp3) is 0.455. The standard InChI is InChI=1S/C11H13Br2NO/c1-11(2)5-14-9-6(12)4-7(13)10(15-3)8(9)11/h4,14H,5H2,1-3H3. The van der Waals surface area contributed by atoms with E-state index in [1.807, 2.05) is 6.07 Å². The Kier molecular flexibility index (Phi) is 2.75. The zero-order chi connectivity index (χ0) is 11.2. The van der Waals surface area contributed by atoms with Crippen LogP contribution in [0.1, 0.15) is 19.4 Å². The number of benzene rings is 1. The molecule has 1 N–H and O–H groups in total. The quantitative estimate of drug-likeness (QED) is 0.840. The average Bonchev–Trinajstić information content (AvgIpc) is 2.44. The normalized spacial score (nSPS) is 17.1.